The van der Waals surface area contributed by atoms with Crippen LogP contribution in [-0.2, 0) is 19.2 Å². The molecule has 2 aromatic heterocycles. The van der Waals surface area contributed by atoms with Gasteiger partial charge in [0.05, 0.1) is 5.60 Å². The average Bonchev–Trinajstić information content (AvgIpc) is 2.90. The smallest absolute Gasteiger partial charge is 0.1000 e. The second-order valence-electron chi connectivity index (χ2n) is 4.50. The highest BCUT2D eigenvalue weighted by molar-refractivity contribution is 7.08. The summed E-state index contributed by atoms with van der Waals surface area (Å²) in [5.41, 5.74) is 1.39. The van der Waals surface area contributed by atoms with E-state index < -0.39 is 5.60 Å². The fraction of sp³-hybridized carbons (Fsp3) is 0.385. The largest absolute Gasteiger partial charge is 0.384 e. The molecule has 2 aromatic rings. The minimum atomic E-state index is -0.800. The van der Waals surface area contributed by atoms with Crippen LogP contribution >= 0.6 is 11.3 Å². The summed E-state index contributed by atoms with van der Waals surface area (Å²) in [5.74, 6) is 0. The first kappa shape index (κ1) is 12.4. The van der Waals surface area contributed by atoms with Crippen molar-refractivity contribution in [2.24, 2.45) is 7.05 Å². The normalized spacial score (nSPS) is 14.8. The Morgan fingerprint density at radius 3 is 2.88 bits per heavy atom. The zero-order valence-electron chi connectivity index (χ0n) is 10.2. The van der Waals surface area contributed by atoms with Gasteiger partial charge in [-0.15, -0.1) is 0 Å². The van der Waals surface area contributed by atoms with Crippen LogP contribution in [0, 0.1) is 0 Å². The fourth-order valence-electron chi connectivity index (χ4n) is 1.79. The third kappa shape index (κ3) is 2.97. The molecule has 0 spiro atoms. The summed E-state index contributed by atoms with van der Waals surface area (Å²) < 4.78 is 2.08. The van der Waals surface area contributed by atoms with Gasteiger partial charge in [-0.2, -0.15) is 11.3 Å². The van der Waals surface area contributed by atoms with E-state index in [0.29, 0.717) is 6.54 Å². The summed E-state index contributed by atoms with van der Waals surface area (Å²) in [6.45, 7) is 3.16. The lowest BCUT2D eigenvalue weighted by molar-refractivity contribution is 0.0570. The number of aryl methyl sites for hydroxylation is 1. The predicted octanol–water partition coefficient (Wildman–Crippen LogP) is 2.08. The van der Waals surface area contributed by atoms with E-state index >= 15 is 0 Å². The maximum Gasteiger partial charge on any atom is 0.1000 e. The first-order chi connectivity index (χ1) is 8.09. The van der Waals surface area contributed by atoms with Gasteiger partial charge in [0, 0.05) is 32.0 Å². The third-order valence-electron chi connectivity index (χ3n) is 2.97. The van der Waals surface area contributed by atoms with Crippen LogP contribution in [-0.4, -0.2) is 16.2 Å². The van der Waals surface area contributed by atoms with Crippen LogP contribution in [0.3, 0.4) is 0 Å². The van der Waals surface area contributed by atoms with E-state index in [-0.39, 0.29) is 0 Å². The van der Waals surface area contributed by atoms with Crippen LogP contribution < -0.4 is 5.32 Å². The zero-order valence-corrected chi connectivity index (χ0v) is 11.0. The SMILES string of the molecule is Cn1cccc1CNCC(C)(O)c1ccsc1. The minimum absolute atomic E-state index is 0.551. The lowest BCUT2D eigenvalue weighted by Gasteiger charge is -2.23. The van der Waals surface area contributed by atoms with Crippen molar-refractivity contribution >= 4 is 11.3 Å². The monoisotopic (exact) mass is 250 g/mol. The Morgan fingerprint density at radius 2 is 2.29 bits per heavy atom. The Morgan fingerprint density at radius 1 is 1.47 bits per heavy atom. The molecule has 0 aliphatic carbocycles. The van der Waals surface area contributed by atoms with E-state index in [9.17, 15) is 5.11 Å². The van der Waals surface area contributed by atoms with Gasteiger partial charge in [0.25, 0.3) is 0 Å². The number of hydrogen-bond donors (Lipinski definition) is 2. The Labute approximate surface area is 106 Å². The van der Waals surface area contributed by atoms with Gasteiger partial charge in [-0.05, 0) is 41.4 Å². The number of rotatable bonds is 5. The molecule has 0 amide bonds. The average molecular weight is 250 g/mol. The van der Waals surface area contributed by atoms with Gasteiger partial charge in [0.1, 0.15) is 0 Å². The molecule has 1 atom stereocenters. The molecule has 0 radical (unpaired) electrons. The Hall–Kier alpha value is -1.10. The topological polar surface area (TPSA) is 37.2 Å². The molecular formula is C13H18N2OS. The maximum absolute atomic E-state index is 10.3. The molecule has 2 N–H and O–H groups in total. The summed E-state index contributed by atoms with van der Waals surface area (Å²) in [4.78, 5) is 0. The van der Waals surface area contributed by atoms with Gasteiger partial charge in [0.15, 0.2) is 0 Å². The molecule has 0 aliphatic heterocycles. The van der Waals surface area contributed by atoms with Gasteiger partial charge in [-0.25, -0.2) is 0 Å². The molecule has 0 saturated carbocycles. The van der Waals surface area contributed by atoms with Crippen molar-refractivity contribution in [3.63, 3.8) is 0 Å². The fourth-order valence-corrected chi connectivity index (χ4v) is 2.57. The molecule has 4 heteroatoms. The molecule has 1 unspecified atom stereocenters. The van der Waals surface area contributed by atoms with Crippen LogP contribution in [0.2, 0.25) is 0 Å². The van der Waals surface area contributed by atoms with Crippen LogP contribution in [0.15, 0.2) is 35.2 Å². The molecule has 0 saturated heterocycles. The second kappa shape index (κ2) is 5.04. The number of aliphatic hydroxyl groups is 1. The van der Waals surface area contributed by atoms with E-state index in [0.717, 1.165) is 12.1 Å². The molecular weight excluding hydrogens is 232 g/mol. The molecule has 2 rings (SSSR count). The molecule has 0 aromatic carbocycles. The highest BCUT2D eigenvalue weighted by Gasteiger charge is 2.22. The first-order valence-corrected chi connectivity index (χ1v) is 6.60. The Balaban J connectivity index is 1.88. The standard InChI is InChI=1S/C13H18N2OS/c1-13(16,11-5-7-17-9-11)10-14-8-12-4-3-6-15(12)2/h3-7,9,14,16H,8,10H2,1-2H3. The molecule has 3 nitrogen and oxygen atoms in total. The minimum Gasteiger partial charge on any atom is -0.384 e. The van der Waals surface area contributed by atoms with E-state index in [4.69, 9.17) is 0 Å². The summed E-state index contributed by atoms with van der Waals surface area (Å²) >= 11 is 1.61. The molecule has 2 heterocycles. The third-order valence-corrected chi connectivity index (χ3v) is 3.65. The van der Waals surface area contributed by atoms with Gasteiger partial charge in [-0.3, -0.25) is 0 Å². The highest BCUT2D eigenvalue weighted by Crippen LogP contribution is 2.22. The summed E-state index contributed by atoms with van der Waals surface area (Å²) in [7, 11) is 2.02. The lowest BCUT2D eigenvalue weighted by atomic mass is 9.99. The maximum atomic E-state index is 10.3. The number of aromatic nitrogens is 1. The Bertz CT molecular complexity index is 459. The second-order valence-corrected chi connectivity index (χ2v) is 5.28. The van der Waals surface area contributed by atoms with Gasteiger partial charge in [0.2, 0.25) is 0 Å². The van der Waals surface area contributed by atoms with Gasteiger partial charge < -0.3 is 15.0 Å². The van der Waals surface area contributed by atoms with Crippen molar-refractivity contribution in [2.75, 3.05) is 6.54 Å². The number of thiophene rings is 1. The highest BCUT2D eigenvalue weighted by atomic mass is 32.1. The zero-order chi connectivity index (χ0) is 12.3. The molecule has 0 aliphatic rings. The van der Waals surface area contributed by atoms with E-state index in [2.05, 4.69) is 16.0 Å². The molecule has 0 bridgehead atoms. The first-order valence-electron chi connectivity index (χ1n) is 5.65. The van der Waals surface area contributed by atoms with Crippen LogP contribution in [0.5, 0.6) is 0 Å². The van der Waals surface area contributed by atoms with Crippen LogP contribution in [0.1, 0.15) is 18.2 Å². The van der Waals surface area contributed by atoms with E-state index in [1.165, 1.54) is 5.69 Å². The van der Waals surface area contributed by atoms with Crippen LogP contribution in [0.4, 0.5) is 0 Å². The van der Waals surface area contributed by atoms with Crippen molar-refractivity contribution in [1.29, 1.82) is 0 Å². The number of hydrogen-bond acceptors (Lipinski definition) is 3. The molecule has 17 heavy (non-hydrogen) atoms. The number of nitrogens with zero attached hydrogens (tertiary/aromatic N) is 1. The molecule has 0 fully saturated rings. The predicted molar refractivity (Wildman–Crippen MR) is 71.0 cm³/mol. The lowest BCUT2D eigenvalue weighted by Crippen LogP contribution is -2.35. The quantitative estimate of drug-likeness (QED) is 0.852. The van der Waals surface area contributed by atoms with Crippen molar-refractivity contribution in [1.82, 2.24) is 9.88 Å². The Kier molecular flexibility index (Phi) is 3.66. The van der Waals surface area contributed by atoms with Crippen molar-refractivity contribution < 1.29 is 5.11 Å². The van der Waals surface area contributed by atoms with E-state index in [1.807, 2.05) is 43.1 Å². The van der Waals surface area contributed by atoms with Crippen molar-refractivity contribution in [2.45, 2.75) is 19.1 Å². The molecule has 92 valence electrons. The number of nitrogens with one attached hydrogen (secondary N) is 1. The van der Waals surface area contributed by atoms with Crippen molar-refractivity contribution in [3.05, 3.63) is 46.4 Å². The van der Waals surface area contributed by atoms with Gasteiger partial charge in [-0.1, -0.05) is 0 Å². The van der Waals surface area contributed by atoms with Crippen LogP contribution in [0.25, 0.3) is 0 Å². The summed E-state index contributed by atoms with van der Waals surface area (Å²) in [5, 5.41) is 17.6. The summed E-state index contributed by atoms with van der Waals surface area (Å²) in [6.07, 6.45) is 2.02. The van der Waals surface area contributed by atoms with E-state index in [1.54, 1.807) is 11.3 Å². The van der Waals surface area contributed by atoms with Gasteiger partial charge >= 0.3 is 0 Å². The van der Waals surface area contributed by atoms with Crippen molar-refractivity contribution in [3.8, 4) is 0 Å². The summed E-state index contributed by atoms with van der Waals surface area (Å²) in [6, 6.07) is 6.06.